The number of carbonyl (C=O) groups excluding carboxylic acids is 2. The van der Waals surface area contributed by atoms with Crippen molar-refractivity contribution in [2.24, 2.45) is 5.92 Å². The summed E-state index contributed by atoms with van der Waals surface area (Å²) in [6, 6.07) is 4.08. The van der Waals surface area contributed by atoms with Crippen LogP contribution in [0.15, 0.2) is 23.1 Å². The van der Waals surface area contributed by atoms with Crippen molar-refractivity contribution >= 4 is 33.5 Å². The van der Waals surface area contributed by atoms with Crippen LogP contribution in [0.1, 0.15) is 62.2 Å². The average Bonchev–Trinajstić information content (AvgIpc) is 2.74. The van der Waals surface area contributed by atoms with E-state index in [4.69, 9.17) is 16.3 Å². The second-order valence-corrected chi connectivity index (χ2v) is 10.5. The summed E-state index contributed by atoms with van der Waals surface area (Å²) in [5, 5.41) is 3.00. The van der Waals surface area contributed by atoms with E-state index in [1.807, 2.05) is 0 Å². The van der Waals surface area contributed by atoms with Crippen molar-refractivity contribution < 1.29 is 22.7 Å². The van der Waals surface area contributed by atoms with Gasteiger partial charge < -0.3 is 10.1 Å². The Hall–Kier alpha value is -1.64. The van der Waals surface area contributed by atoms with Gasteiger partial charge >= 0.3 is 5.97 Å². The van der Waals surface area contributed by atoms with E-state index in [1.165, 1.54) is 22.5 Å². The first-order chi connectivity index (χ1) is 14.3. The number of benzene rings is 1. The molecule has 1 aliphatic carbocycles. The minimum absolute atomic E-state index is 0.00114. The minimum Gasteiger partial charge on any atom is -0.452 e. The molecule has 3 rings (SSSR count). The van der Waals surface area contributed by atoms with E-state index in [1.54, 1.807) is 0 Å². The van der Waals surface area contributed by atoms with Crippen LogP contribution < -0.4 is 5.32 Å². The van der Waals surface area contributed by atoms with Gasteiger partial charge in [0, 0.05) is 19.1 Å². The lowest BCUT2D eigenvalue weighted by molar-refractivity contribution is -0.125. The number of rotatable bonds is 6. The zero-order valence-electron chi connectivity index (χ0n) is 17.2. The molecular weight excluding hydrogens is 428 g/mol. The molecule has 9 heteroatoms. The molecule has 0 bridgehead atoms. The molecule has 1 aliphatic heterocycles. The molecule has 0 aromatic heterocycles. The van der Waals surface area contributed by atoms with Gasteiger partial charge in [-0.2, -0.15) is 4.31 Å². The Balaban J connectivity index is 1.64. The third-order valence-electron chi connectivity index (χ3n) is 5.90. The smallest absolute Gasteiger partial charge is 0.340 e. The molecule has 7 nitrogen and oxygen atoms in total. The fourth-order valence-electron chi connectivity index (χ4n) is 4.06. The summed E-state index contributed by atoms with van der Waals surface area (Å²) < 4.78 is 32.3. The van der Waals surface area contributed by atoms with Crippen LogP contribution in [0, 0.1) is 5.92 Å². The SMILES string of the molecule is C[C@H]1CCCC[C@H]1NC(=O)COC(=O)c1cc(S(=O)(=O)N2CCCCC2)ccc1Cl. The molecule has 30 heavy (non-hydrogen) atoms. The molecule has 2 atom stereocenters. The standard InChI is InChI=1S/C21H29ClN2O5S/c1-15-7-3-4-8-19(15)23-20(25)14-29-21(26)17-13-16(9-10-18(17)22)30(27,28)24-11-5-2-6-12-24/h9-10,13,15,19H,2-8,11-12,14H2,1H3,(H,23,25)/t15-,19+/m0/s1. The minimum atomic E-state index is -3.70. The van der Waals surface area contributed by atoms with Crippen molar-refractivity contribution in [2.45, 2.75) is 62.8 Å². The van der Waals surface area contributed by atoms with Crippen molar-refractivity contribution in [3.63, 3.8) is 0 Å². The maximum absolute atomic E-state index is 12.9. The van der Waals surface area contributed by atoms with E-state index >= 15 is 0 Å². The maximum atomic E-state index is 12.9. The lowest BCUT2D eigenvalue weighted by atomic mass is 9.86. The average molecular weight is 457 g/mol. The van der Waals surface area contributed by atoms with Crippen LogP contribution in [0.2, 0.25) is 5.02 Å². The summed E-state index contributed by atoms with van der Waals surface area (Å²) in [5.74, 6) is -0.789. The highest BCUT2D eigenvalue weighted by molar-refractivity contribution is 7.89. The third kappa shape index (κ3) is 5.53. The number of sulfonamides is 1. The molecule has 166 valence electrons. The Kier molecular flexibility index (Phi) is 7.76. The number of piperidine rings is 1. The number of carbonyl (C=O) groups is 2. The van der Waals surface area contributed by atoms with Crippen LogP contribution in [0.5, 0.6) is 0 Å². The van der Waals surface area contributed by atoms with Crippen LogP contribution in [0.4, 0.5) is 0 Å². The summed E-state index contributed by atoms with van der Waals surface area (Å²) in [6.45, 7) is 2.60. The van der Waals surface area contributed by atoms with Gasteiger partial charge in [0.1, 0.15) is 0 Å². The molecule has 1 amide bonds. The van der Waals surface area contributed by atoms with Crippen LogP contribution in [-0.4, -0.2) is 50.3 Å². The second kappa shape index (κ2) is 10.1. The lowest BCUT2D eigenvalue weighted by Crippen LogP contribution is -2.42. The molecular formula is C21H29ClN2O5S. The largest absolute Gasteiger partial charge is 0.452 e. The van der Waals surface area contributed by atoms with Crippen molar-refractivity contribution in [1.82, 2.24) is 9.62 Å². The first-order valence-corrected chi connectivity index (χ1v) is 12.4. The summed E-state index contributed by atoms with van der Waals surface area (Å²) in [5.41, 5.74) is -0.0615. The number of halogens is 1. The van der Waals surface area contributed by atoms with Gasteiger partial charge in [0.15, 0.2) is 6.61 Å². The Morgan fingerprint density at radius 2 is 1.83 bits per heavy atom. The third-order valence-corrected chi connectivity index (χ3v) is 8.13. The molecule has 0 unspecified atom stereocenters. The number of nitrogens with zero attached hydrogens (tertiary/aromatic N) is 1. The van der Waals surface area contributed by atoms with Crippen LogP contribution in [-0.2, 0) is 19.6 Å². The van der Waals surface area contributed by atoms with Gasteiger partial charge in [0.25, 0.3) is 5.91 Å². The Bertz CT molecular complexity index is 883. The summed E-state index contributed by atoms with van der Waals surface area (Å²) in [6.07, 6.45) is 6.86. The van der Waals surface area contributed by atoms with E-state index in [0.717, 1.165) is 44.9 Å². The molecule has 1 aromatic carbocycles. The molecule has 0 radical (unpaired) electrons. The molecule has 1 saturated heterocycles. The van der Waals surface area contributed by atoms with Crippen LogP contribution >= 0.6 is 11.6 Å². The molecule has 1 saturated carbocycles. The van der Waals surface area contributed by atoms with Gasteiger partial charge in [-0.3, -0.25) is 4.79 Å². The predicted molar refractivity (Wildman–Crippen MR) is 114 cm³/mol. The normalized spacial score (nSPS) is 23.0. The number of esters is 1. The number of hydrogen-bond donors (Lipinski definition) is 1. The monoisotopic (exact) mass is 456 g/mol. The van der Waals surface area contributed by atoms with Crippen molar-refractivity contribution in [2.75, 3.05) is 19.7 Å². The number of nitrogens with one attached hydrogen (secondary N) is 1. The number of hydrogen-bond acceptors (Lipinski definition) is 5. The predicted octanol–water partition coefficient (Wildman–Crippen LogP) is 3.37. The van der Waals surface area contributed by atoms with Crippen molar-refractivity contribution in [3.05, 3.63) is 28.8 Å². The van der Waals surface area contributed by atoms with E-state index < -0.39 is 22.6 Å². The second-order valence-electron chi connectivity index (χ2n) is 8.12. The maximum Gasteiger partial charge on any atom is 0.340 e. The summed E-state index contributed by atoms with van der Waals surface area (Å²) in [7, 11) is -3.70. The molecule has 2 fully saturated rings. The first-order valence-electron chi connectivity index (χ1n) is 10.5. The van der Waals surface area contributed by atoms with E-state index in [2.05, 4.69) is 12.2 Å². The van der Waals surface area contributed by atoms with E-state index in [9.17, 15) is 18.0 Å². The first kappa shape index (κ1) is 23.0. The van der Waals surface area contributed by atoms with Gasteiger partial charge in [0.2, 0.25) is 10.0 Å². The number of amides is 1. The molecule has 1 aromatic rings. The van der Waals surface area contributed by atoms with Crippen LogP contribution in [0.25, 0.3) is 0 Å². The quantitative estimate of drug-likeness (QED) is 0.662. The lowest BCUT2D eigenvalue weighted by Gasteiger charge is -2.29. The summed E-state index contributed by atoms with van der Waals surface area (Å²) in [4.78, 5) is 24.7. The topological polar surface area (TPSA) is 92.8 Å². The van der Waals surface area contributed by atoms with Crippen molar-refractivity contribution in [3.8, 4) is 0 Å². The number of ether oxygens (including phenoxy) is 1. The Morgan fingerprint density at radius 3 is 2.53 bits per heavy atom. The Labute approximate surface area is 183 Å². The highest BCUT2D eigenvalue weighted by atomic mass is 35.5. The molecule has 0 spiro atoms. The Morgan fingerprint density at radius 1 is 1.13 bits per heavy atom. The van der Waals surface area contributed by atoms with Crippen molar-refractivity contribution in [1.29, 1.82) is 0 Å². The van der Waals surface area contributed by atoms with E-state index in [0.29, 0.717) is 19.0 Å². The van der Waals surface area contributed by atoms with Gasteiger partial charge in [-0.1, -0.05) is 37.8 Å². The zero-order chi connectivity index (χ0) is 21.7. The summed E-state index contributed by atoms with van der Waals surface area (Å²) >= 11 is 6.11. The van der Waals surface area contributed by atoms with E-state index in [-0.39, 0.29) is 27.4 Å². The molecule has 1 heterocycles. The van der Waals surface area contributed by atoms with Gasteiger partial charge in [0.05, 0.1) is 15.5 Å². The highest BCUT2D eigenvalue weighted by Crippen LogP contribution is 2.26. The zero-order valence-corrected chi connectivity index (χ0v) is 18.8. The van der Waals surface area contributed by atoms with Gasteiger partial charge in [-0.05, 0) is 49.8 Å². The van der Waals surface area contributed by atoms with Gasteiger partial charge in [-0.25, -0.2) is 13.2 Å². The van der Waals surface area contributed by atoms with Gasteiger partial charge in [-0.15, -0.1) is 0 Å². The molecule has 1 N–H and O–H groups in total. The highest BCUT2D eigenvalue weighted by Gasteiger charge is 2.28. The molecule has 2 aliphatic rings. The fraction of sp³-hybridized carbons (Fsp3) is 0.619. The fourth-order valence-corrected chi connectivity index (χ4v) is 5.80. The van der Waals surface area contributed by atoms with Crippen LogP contribution in [0.3, 0.4) is 0 Å².